The van der Waals surface area contributed by atoms with E-state index < -0.39 is 0 Å². The summed E-state index contributed by atoms with van der Waals surface area (Å²) < 4.78 is 2.56. The molecule has 0 saturated heterocycles. The van der Waals surface area contributed by atoms with Crippen LogP contribution in [0.5, 0.6) is 0 Å². The lowest BCUT2D eigenvalue weighted by Gasteiger charge is -2.20. The lowest BCUT2D eigenvalue weighted by Crippen LogP contribution is -2.39. The normalized spacial score (nSPS) is 15.7. The van der Waals surface area contributed by atoms with Crippen LogP contribution in [0, 0.1) is 0 Å². The van der Waals surface area contributed by atoms with Crippen LogP contribution in [-0.4, -0.2) is 0 Å². The van der Waals surface area contributed by atoms with Gasteiger partial charge in [-0.15, -0.1) is 0 Å². The molecule has 2 rings (SSSR count). The Morgan fingerprint density at radius 2 is 1.42 bits per heavy atom. The van der Waals surface area contributed by atoms with E-state index >= 15 is 0 Å². The fraction of sp³-hybridized carbons (Fsp3) is 0.783. The van der Waals surface area contributed by atoms with E-state index in [4.69, 9.17) is 0 Å². The van der Waals surface area contributed by atoms with E-state index in [0.29, 0.717) is 0 Å². The standard InChI is InChI=1S/C23H40N/c1-2-3-4-5-6-7-8-9-10-15-20-24-21-16-14-19-23(24)22-17-12-11-13-18-22/h14,16,19,21-22H,2-13,15,17-18,20H2,1H3/q+1. The zero-order chi connectivity index (χ0) is 16.9. The summed E-state index contributed by atoms with van der Waals surface area (Å²) in [4.78, 5) is 0. The molecule has 0 N–H and O–H groups in total. The maximum atomic E-state index is 2.56. The predicted octanol–water partition coefficient (Wildman–Crippen LogP) is 6.94. The van der Waals surface area contributed by atoms with E-state index in [2.05, 4.69) is 35.9 Å². The van der Waals surface area contributed by atoms with Gasteiger partial charge in [0, 0.05) is 24.5 Å². The Balaban J connectivity index is 1.59. The Bertz CT molecular complexity index is 420. The van der Waals surface area contributed by atoms with Gasteiger partial charge in [-0.05, 0) is 19.3 Å². The largest absolute Gasteiger partial charge is 0.202 e. The third kappa shape index (κ3) is 7.36. The number of nitrogens with zero attached hydrogens (tertiary/aromatic N) is 1. The predicted molar refractivity (Wildman–Crippen MR) is 104 cm³/mol. The number of rotatable bonds is 12. The summed E-state index contributed by atoms with van der Waals surface area (Å²) in [7, 11) is 0. The molecule has 1 aromatic rings. The second-order valence-corrected chi connectivity index (χ2v) is 7.84. The second kappa shape index (κ2) is 12.5. The van der Waals surface area contributed by atoms with Crippen LogP contribution in [0.15, 0.2) is 24.4 Å². The maximum Gasteiger partial charge on any atom is 0.184 e. The number of hydrogen-bond donors (Lipinski definition) is 0. The third-order valence-corrected chi connectivity index (χ3v) is 5.75. The highest BCUT2D eigenvalue weighted by molar-refractivity contribution is 5.04. The maximum absolute atomic E-state index is 2.56. The molecule has 0 atom stereocenters. The molecule has 24 heavy (non-hydrogen) atoms. The smallest absolute Gasteiger partial charge is 0.184 e. The van der Waals surface area contributed by atoms with Crippen LogP contribution in [-0.2, 0) is 6.54 Å². The van der Waals surface area contributed by atoms with Crippen LogP contribution >= 0.6 is 0 Å². The molecule has 0 bridgehead atoms. The topological polar surface area (TPSA) is 3.88 Å². The van der Waals surface area contributed by atoms with Gasteiger partial charge >= 0.3 is 0 Å². The third-order valence-electron chi connectivity index (χ3n) is 5.75. The van der Waals surface area contributed by atoms with Crippen LogP contribution in [0.2, 0.25) is 0 Å². The molecule has 0 aromatic carbocycles. The number of aryl methyl sites for hydroxylation is 1. The number of aromatic nitrogens is 1. The lowest BCUT2D eigenvalue weighted by atomic mass is 9.86. The van der Waals surface area contributed by atoms with Gasteiger partial charge in [0.15, 0.2) is 11.9 Å². The van der Waals surface area contributed by atoms with Crippen LogP contribution < -0.4 is 4.57 Å². The van der Waals surface area contributed by atoms with Crippen molar-refractivity contribution in [3.63, 3.8) is 0 Å². The summed E-state index contributed by atoms with van der Waals surface area (Å²) in [6.45, 7) is 3.52. The van der Waals surface area contributed by atoms with Gasteiger partial charge in [-0.25, -0.2) is 4.57 Å². The molecule has 0 aliphatic heterocycles. The van der Waals surface area contributed by atoms with Crippen LogP contribution in [0.1, 0.15) is 115 Å². The van der Waals surface area contributed by atoms with Crippen molar-refractivity contribution >= 4 is 0 Å². The van der Waals surface area contributed by atoms with E-state index in [0.717, 1.165) is 5.92 Å². The molecule has 1 aliphatic carbocycles. The van der Waals surface area contributed by atoms with Crippen LogP contribution in [0.3, 0.4) is 0 Å². The van der Waals surface area contributed by atoms with Crippen molar-refractivity contribution in [2.75, 3.05) is 0 Å². The summed E-state index contributed by atoms with van der Waals surface area (Å²) in [6.07, 6.45) is 23.7. The molecule has 136 valence electrons. The zero-order valence-electron chi connectivity index (χ0n) is 16.1. The first-order chi connectivity index (χ1) is 11.9. The van der Waals surface area contributed by atoms with Gasteiger partial charge in [0.25, 0.3) is 0 Å². The van der Waals surface area contributed by atoms with Crippen molar-refractivity contribution in [3.8, 4) is 0 Å². The molecule has 1 heterocycles. The minimum atomic E-state index is 0.822. The van der Waals surface area contributed by atoms with Gasteiger partial charge in [-0.3, -0.25) is 0 Å². The Hall–Kier alpha value is -0.850. The molecule has 0 spiro atoms. The first-order valence-corrected chi connectivity index (χ1v) is 10.9. The Labute approximate surface area is 150 Å². The first kappa shape index (κ1) is 19.5. The molecule has 1 aliphatic rings. The van der Waals surface area contributed by atoms with Crippen molar-refractivity contribution in [3.05, 3.63) is 30.1 Å². The molecular weight excluding hydrogens is 290 g/mol. The van der Waals surface area contributed by atoms with Crippen molar-refractivity contribution in [2.45, 2.75) is 116 Å². The fourth-order valence-electron chi connectivity index (χ4n) is 4.23. The first-order valence-electron chi connectivity index (χ1n) is 10.9. The van der Waals surface area contributed by atoms with E-state index in [1.165, 1.54) is 103 Å². The minimum absolute atomic E-state index is 0.822. The summed E-state index contributed by atoms with van der Waals surface area (Å²) >= 11 is 0. The van der Waals surface area contributed by atoms with E-state index in [9.17, 15) is 0 Å². The number of hydrogen-bond acceptors (Lipinski definition) is 0. The van der Waals surface area contributed by atoms with E-state index in [1.54, 1.807) is 5.69 Å². The highest BCUT2D eigenvalue weighted by Gasteiger charge is 2.23. The molecule has 0 amide bonds. The molecular formula is C23H40N+. The van der Waals surface area contributed by atoms with E-state index in [1.807, 2.05) is 0 Å². The van der Waals surface area contributed by atoms with Gasteiger partial charge in [-0.2, -0.15) is 0 Å². The molecule has 1 fully saturated rings. The van der Waals surface area contributed by atoms with Crippen molar-refractivity contribution in [2.24, 2.45) is 0 Å². The Morgan fingerprint density at radius 3 is 2.08 bits per heavy atom. The average Bonchev–Trinajstić information content (AvgIpc) is 2.64. The van der Waals surface area contributed by atoms with Gasteiger partial charge in [0.05, 0.1) is 0 Å². The Morgan fingerprint density at radius 1 is 0.792 bits per heavy atom. The quantitative estimate of drug-likeness (QED) is 0.288. The SMILES string of the molecule is CCCCCCCCCCCC[n+]1ccccc1C1CCCCC1. The van der Waals surface area contributed by atoms with Crippen LogP contribution in [0.4, 0.5) is 0 Å². The molecule has 1 nitrogen and oxygen atoms in total. The van der Waals surface area contributed by atoms with Gasteiger partial charge in [0.1, 0.15) is 6.54 Å². The molecule has 1 aromatic heterocycles. The molecule has 1 heteroatoms. The van der Waals surface area contributed by atoms with Crippen LogP contribution in [0.25, 0.3) is 0 Å². The number of pyridine rings is 1. The monoisotopic (exact) mass is 330 g/mol. The van der Waals surface area contributed by atoms with Gasteiger partial charge in [-0.1, -0.05) is 83.6 Å². The second-order valence-electron chi connectivity index (χ2n) is 7.84. The minimum Gasteiger partial charge on any atom is -0.202 e. The lowest BCUT2D eigenvalue weighted by molar-refractivity contribution is -0.706. The highest BCUT2D eigenvalue weighted by atomic mass is 15.0. The summed E-state index contributed by atoms with van der Waals surface area (Å²) in [5.41, 5.74) is 1.60. The molecule has 0 unspecified atom stereocenters. The highest BCUT2D eigenvalue weighted by Crippen LogP contribution is 2.30. The van der Waals surface area contributed by atoms with Gasteiger partial charge < -0.3 is 0 Å². The zero-order valence-corrected chi connectivity index (χ0v) is 16.1. The molecule has 1 saturated carbocycles. The summed E-state index contributed by atoms with van der Waals surface area (Å²) in [5, 5.41) is 0. The Kier molecular flexibility index (Phi) is 10.1. The molecule has 0 radical (unpaired) electrons. The summed E-state index contributed by atoms with van der Waals surface area (Å²) in [5.74, 6) is 0.822. The van der Waals surface area contributed by atoms with Crippen molar-refractivity contribution in [1.29, 1.82) is 0 Å². The van der Waals surface area contributed by atoms with Gasteiger partial charge in [0.2, 0.25) is 0 Å². The van der Waals surface area contributed by atoms with Crippen molar-refractivity contribution in [1.82, 2.24) is 0 Å². The fourth-order valence-corrected chi connectivity index (χ4v) is 4.23. The average molecular weight is 331 g/mol. The van der Waals surface area contributed by atoms with Crippen molar-refractivity contribution < 1.29 is 4.57 Å². The summed E-state index contributed by atoms with van der Waals surface area (Å²) in [6, 6.07) is 6.83. The number of unbranched alkanes of at least 4 members (excludes halogenated alkanes) is 9. The van der Waals surface area contributed by atoms with E-state index in [-0.39, 0.29) is 0 Å².